The molecule has 1 N–H and O–H groups in total. The number of benzene rings is 1. The van der Waals surface area contributed by atoms with Crippen LogP contribution in [-0.4, -0.2) is 18.0 Å². The Morgan fingerprint density at radius 2 is 2.15 bits per heavy atom. The van der Waals surface area contributed by atoms with Crippen LogP contribution in [0.25, 0.3) is 0 Å². The zero-order valence-corrected chi connectivity index (χ0v) is 12.6. The number of rotatable bonds is 6. The lowest BCUT2D eigenvalue weighted by Gasteiger charge is -2.05. The molecule has 0 saturated heterocycles. The fraction of sp³-hybridized carbons (Fsp3) is 0.286. The average Bonchev–Trinajstić information content (AvgIpc) is 2.84. The summed E-state index contributed by atoms with van der Waals surface area (Å²) in [4.78, 5) is 0. The third-order valence-corrected chi connectivity index (χ3v) is 4.03. The van der Waals surface area contributed by atoms with Crippen molar-refractivity contribution < 1.29 is 4.74 Å². The molecule has 0 unspecified atom stereocenters. The second-order valence-electron chi connectivity index (χ2n) is 4.17. The molecule has 1 aromatic carbocycles. The van der Waals surface area contributed by atoms with Gasteiger partial charge in [0, 0.05) is 6.54 Å². The van der Waals surface area contributed by atoms with Crippen LogP contribution in [0.1, 0.15) is 17.5 Å². The lowest BCUT2D eigenvalue weighted by molar-refractivity contribution is 0.414. The molecule has 0 bridgehead atoms. The van der Waals surface area contributed by atoms with E-state index in [-0.39, 0.29) is 5.15 Å². The fourth-order valence-corrected chi connectivity index (χ4v) is 2.73. The van der Waals surface area contributed by atoms with Crippen LogP contribution in [0.4, 0.5) is 5.00 Å². The number of nitrogens with zero attached hydrogens (tertiary/aromatic N) is 2. The average molecular weight is 308 g/mol. The first-order chi connectivity index (χ1) is 9.74. The van der Waals surface area contributed by atoms with Gasteiger partial charge in [-0.2, -0.15) is 9.64 Å². The summed E-state index contributed by atoms with van der Waals surface area (Å²) in [5.74, 6) is 0.866. The maximum absolute atomic E-state index is 8.95. The number of hydrogen-bond acceptors (Lipinski definition) is 5. The van der Waals surface area contributed by atoms with Gasteiger partial charge in [-0.1, -0.05) is 23.7 Å². The molecule has 0 fully saturated rings. The van der Waals surface area contributed by atoms with Gasteiger partial charge in [-0.05, 0) is 42.1 Å². The largest absolute Gasteiger partial charge is 0.497 e. The molecule has 2 aromatic rings. The Morgan fingerprint density at radius 3 is 2.80 bits per heavy atom. The maximum Gasteiger partial charge on any atom is 0.162 e. The molecule has 6 heteroatoms. The zero-order valence-electron chi connectivity index (χ0n) is 11.0. The number of nitriles is 1. The number of hydrogen-bond donors (Lipinski definition) is 1. The lowest BCUT2D eigenvalue weighted by Crippen LogP contribution is -2.02. The van der Waals surface area contributed by atoms with Crippen molar-refractivity contribution in [3.8, 4) is 11.8 Å². The van der Waals surface area contributed by atoms with Gasteiger partial charge in [0.2, 0.25) is 0 Å². The van der Waals surface area contributed by atoms with E-state index >= 15 is 0 Å². The minimum absolute atomic E-state index is 0.273. The van der Waals surface area contributed by atoms with Gasteiger partial charge in [0.25, 0.3) is 0 Å². The Morgan fingerprint density at radius 1 is 1.40 bits per heavy atom. The maximum atomic E-state index is 8.95. The number of halogens is 1. The zero-order chi connectivity index (χ0) is 14.4. The SMILES string of the molecule is COc1ccc(CCCNc2snc(Cl)c2C#N)cc1. The molecule has 0 radical (unpaired) electrons. The van der Waals surface area contributed by atoms with E-state index in [1.54, 1.807) is 7.11 Å². The summed E-state index contributed by atoms with van der Waals surface area (Å²) in [5, 5.41) is 13.2. The predicted octanol–water partition coefficient (Wildman–Crippen LogP) is 3.72. The van der Waals surface area contributed by atoms with E-state index < -0.39 is 0 Å². The van der Waals surface area contributed by atoms with Crippen LogP contribution < -0.4 is 10.1 Å². The van der Waals surface area contributed by atoms with Crippen molar-refractivity contribution >= 4 is 28.1 Å². The lowest BCUT2D eigenvalue weighted by atomic mass is 10.1. The van der Waals surface area contributed by atoms with Crippen molar-refractivity contribution in [1.82, 2.24) is 4.37 Å². The smallest absolute Gasteiger partial charge is 0.162 e. The minimum Gasteiger partial charge on any atom is -0.497 e. The van der Waals surface area contributed by atoms with Crippen LogP contribution in [-0.2, 0) is 6.42 Å². The number of ether oxygens (including phenoxy) is 1. The highest BCUT2D eigenvalue weighted by Gasteiger charge is 2.10. The summed E-state index contributed by atoms with van der Waals surface area (Å²) in [6.07, 6.45) is 1.93. The Balaban J connectivity index is 1.80. The molecule has 0 aliphatic rings. The molecule has 0 amide bonds. The molecule has 1 aromatic heterocycles. The molecular weight excluding hydrogens is 294 g/mol. The molecule has 0 aliphatic carbocycles. The standard InChI is InChI=1S/C14H14ClN3OS/c1-19-11-6-4-10(5-7-11)3-2-8-17-14-12(9-16)13(15)18-20-14/h4-7,17H,2-3,8H2,1H3. The van der Waals surface area contributed by atoms with Crippen molar-refractivity contribution in [3.05, 3.63) is 40.5 Å². The quantitative estimate of drug-likeness (QED) is 0.826. The number of methoxy groups -OCH3 is 1. The van der Waals surface area contributed by atoms with Gasteiger partial charge in [0.05, 0.1) is 7.11 Å². The summed E-state index contributed by atoms with van der Waals surface area (Å²) in [6.45, 7) is 0.777. The summed E-state index contributed by atoms with van der Waals surface area (Å²) >= 11 is 7.03. The van der Waals surface area contributed by atoms with Crippen LogP contribution in [0, 0.1) is 11.3 Å². The van der Waals surface area contributed by atoms with E-state index in [4.69, 9.17) is 21.6 Å². The second kappa shape index (κ2) is 7.13. The highest BCUT2D eigenvalue weighted by atomic mass is 35.5. The molecule has 0 atom stereocenters. The molecule has 4 nitrogen and oxygen atoms in total. The number of aromatic nitrogens is 1. The van der Waals surface area contributed by atoms with Gasteiger partial charge in [-0.25, -0.2) is 0 Å². The monoisotopic (exact) mass is 307 g/mol. The molecule has 1 heterocycles. The van der Waals surface area contributed by atoms with Crippen LogP contribution in [0.2, 0.25) is 5.15 Å². The third-order valence-electron chi connectivity index (χ3n) is 2.85. The van der Waals surface area contributed by atoms with Crippen molar-refractivity contribution in [2.24, 2.45) is 0 Å². The molecule has 0 spiro atoms. The summed E-state index contributed by atoms with van der Waals surface area (Å²) < 4.78 is 9.07. The first kappa shape index (κ1) is 14.6. The normalized spacial score (nSPS) is 10.1. The van der Waals surface area contributed by atoms with Gasteiger partial charge in [-0.15, -0.1) is 0 Å². The van der Waals surface area contributed by atoms with Gasteiger partial charge in [0.1, 0.15) is 22.4 Å². The van der Waals surface area contributed by atoms with Crippen LogP contribution in [0.15, 0.2) is 24.3 Å². The van der Waals surface area contributed by atoms with E-state index in [0.717, 1.165) is 30.1 Å². The van der Waals surface area contributed by atoms with Crippen molar-refractivity contribution in [2.75, 3.05) is 19.0 Å². The molecular formula is C14H14ClN3OS. The predicted molar refractivity (Wildman–Crippen MR) is 81.6 cm³/mol. The topological polar surface area (TPSA) is 57.9 Å². The minimum atomic E-state index is 0.273. The molecule has 0 saturated carbocycles. The Bertz CT molecular complexity index is 604. The van der Waals surface area contributed by atoms with Crippen LogP contribution >= 0.6 is 23.1 Å². The van der Waals surface area contributed by atoms with Gasteiger partial charge >= 0.3 is 0 Å². The molecule has 0 aliphatic heterocycles. The Labute approximate surface area is 127 Å². The third kappa shape index (κ3) is 3.62. The van der Waals surface area contributed by atoms with E-state index in [2.05, 4.69) is 27.9 Å². The number of nitrogens with one attached hydrogen (secondary N) is 1. The van der Waals surface area contributed by atoms with Crippen molar-refractivity contribution in [1.29, 1.82) is 5.26 Å². The molecule has 104 valence electrons. The number of anilines is 1. The first-order valence-corrected chi connectivity index (χ1v) is 7.32. The summed E-state index contributed by atoms with van der Waals surface area (Å²) in [7, 11) is 1.66. The summed E-state index contributed by atoms with van der Waals surface area (Å²) in [6, 6.07) is 10.1. The highest BCUT2D eigenvalue weighted by molar-refractivity contribution is 7.10. The van der Waals surface area contributed by atoms with Gasteiger partial charge in [-0.3, -0.25) is 0 Å². The second-order valence-corrected chi connectivity index (χ2v) is 5.30. The van der Waals surface area contributed by atoms with Crippen molar-refractivity contribution in [3.63, 3.8) is 0 Å². The van der Waals surface area contributed by atoms with Crippen LogP contribution in [0.3, 0.4) is 0 Å². The van der Waals surface area contributed by atoms with E-state index in [1.165, 1.54) is 17.1 Å². The highest BCUT2D eigenvalue weighted by Crippen LogP contribution is 2.27. The number of aryl methyl sites for hydroxylation is 1. The first-order valence-electron chi connectivity index (χ1n) is 6.16. The summed E-state index contributed by atoms with van der Waals surface area (Å²) in [5.41, 5.74) is 1.69. The van der Waals surface area contributed by atoms with E-state index in [1.807, 2.05) is 12.1 Å². The van der Waals surface area contributed by atoms with Gasteiger partial charge < -0.3 is 10.1 Å². The van der Waals surface area contributed by atoms with Gasteiger partial charge in [0.15, 0.2) is 5.15 Å². The Hall–Kier alpha value is -1.77. The molecule has 20 heavy (non-hydrogen) atoms. The Kier molecular flexibility index (Phi) is 5.22. The van der Waals surface area contributed by atoms with Crippen molar-refractivity contribution in [2.45, 2.75) is 12.8 Å². The van der Waals surface area contributed by atoms with E-state index in [9.17, 15) is 0 Å². The van der Waals surface area contributed by atoms with E-state index in [0.29, 0.717) is 5.56 Å². The molecule has 2 rings (SSSR count). The fourth-order valence-electron chi connectivity index (χ4n) is 1.77. The van der Waals surface area contributed by atoms with Crippen LogP contribution in [0.5, 0.6) is 5.75 Å².